The summed E-state index contributed by atoms with van der Waals surface area (Å²) in [6, 6.07) is 2.09. The van der Waals surface area contributed by atoms with Gasteiger partial charge in [-0.15, -0.1) is 0 Å². The van der Waals surface area contributed by atoms with Crippen molar-refractivity contribution in [3.05, 3.63) is 12.2 Å². The molecule has 1 atom stereocenters. The van der Waals surface area contributed by atoms with E-state index in [1.807, 2.05) is 13.8 Å². The highest BCUT2D eigenvalue weighted by Crippen LogP contribution is 2.09. The summed E-state index contributed by atoms with van der Waals surface area (Å²) in [7, 11) is 0. The molecule has 1 nitrogen and oxygen atoms in total. The van der Waals surface area contributed by atoms with E-state index in [2.05, 4.69) is 12.6 Å². The Morgan fingerprint density at radius 2 is 2.38 bits per heavy atom. The highest BCUT2D eigenvalue weighted by molar-refractivity contribution is 4.97. The van der Waals surface area contributed by atoms with Crippen molar-refractivity contribution >= 4 is 0 Å². The molecule has 0 aliphatic carbocycles. The molecule has 0 saturated carbocycles. The Hall–Kier alpha value is -0.770. The van der Waals surface area contributed by atoms with Gasteiger partial charge in [0.2, 0.25) is 0 Å². The van der Waals surface area contributed by atoms with E-state index < -0.39 is 0 Å². The molecule has 0 rings (SSSR count). The van der Waals surface area contributed by atoms with Crippen molar-refractivity contribution in [2.75, 3.05) is 0 Å². The average Bonchev–Trinajstić information content (AvgIpc) is 1.67. The van der Waals surface area contributed by atoms with Crippen LogP contribution < -0.4 is 0 Å². The first kappa shape index (κ1) is 7.23. The highest BCUT2D eigenvalue weighted by Gasteiger charge is 1.98. The molecular weight excluding hydrogens is 98.1 g/mol. The molecule has 0 bridgehead atoms. The summed E-state index contributed by atoms with van der Waals surface area (Å²) in [6.45, 7) is 7.67. The highest BCUT2D eigenvalue weighted by atomic mass is 14.2. The van der Waals surface area contributed by atoms with E-state index >= 15 is 0 Å². The molecule has 0 aliphatic rings. The second kappa shape index (κ2) is 3.26. The number of hydrogen-bond donors (Lipinski definition) is 0. The minimum atomic E-state index is 0.361. The Bertz CT molecular complexity index is 119. The zero-order valence-corrected chi connectivity index (χ0v) is 5.44. The standard InChI is InChI=1S/C7H11N/c1-6(2)7(3)4-5-8/h7H,1,4H2,2-3H3. The van der Waals surface area contributed by atoms with Crippen LogP contribution in [0.1, 0.15) is 20.3 Å². The van der Waals surface area contributed by atoms with Crippen molar-refractivity contribution in [2.24, 2.45) is 5.92 Å². The lowest BCUT2D eigenvalue weighted by Crippen LogP contribution is -1.91. The van der Waals surface area contributed by atoms with Gasteiger partial charge in [-0.05, 0) is 12.8 Å². The maximum absolute atomic E-state index is 8.19. The molecule has 8 heavy (non-hydrogen) atoms. The Labute approximate surface area is 50.6 Å². The molecule has 0 saturated heterocycles. The number of hydrogen-bond acceptors (Lipinski definition) is 1. The molecule has 0 aromatic carbocycles. The summed E-state index contributed by atoms with van der Waals surface area (Å²) in [6.07, 6.45) is 0.593. The van der Waals surface area contributed by atoms with Crippen molar-refractivity contribution in [3.63, 3.8) is 0 Å². The van der Waals surface area contributed by atoms with E-state index in [4.69, 9.17) is 5.26 Å². The Balaban J connectivity index is 3.52. The first-order valence-corrected chi connectivity index (χ1v) is 2.70. The molecule has 1 unspecified atom stereocenters. The van der Waals surface area contributed by atoms with Crippen LogP contribution in [0.4, 0.5) is 0 Å². The first-order chi connectivity index (χ1) is 3.68. The molecule has 0 N–H and O–H groups in total. The largest absolute Gasteiger partial charge is 0.198 e. The van der Waals surface area contributed by atoms with Crippen molar-refractivity contribution in [1.29, 1.82) is 5.26 Å². The third-order valence-corrected chi connectivity index (χ3v) is 1.24. The van der Waals surface area contributed by atoms with E-state index in [0.29, 0.717) is 12.3 Å². The van der Waals surface area contributed by atoms with Gasteiger partial charge in [0, 0.05) is 6.42 Å². The monoisotopic (exact) mass is 109 g/mol. The van der Waals surface area contributed by atoms with Crippen LogP contribution in [0, 0.1) is 17.2 Å². The fraction of sp³-hybridized carbons (Fsp3) is 0.571. The average molecular weight is 109 g/mol. The van der Waals surface area contributed by atoms with Gasteiger partial charge in [-0.2, -0.15) is 5.26 Å². The fourth-order valence-electron chi connectivity index (χ4n) is 0.311. The molecule has 0 radical (unpaired) electrons. The number of allylic oxidation sites excluding steroid dienone is 1. The van der Waals surface area contributed by atoms with Gasteiger partial charge in [-0.25, -0.2) is 0 Å². The predicted octanol–water partition coefficient (Wildman–Crippen LogP) is 2.11. The maximum atomic E-state index is 8.19. The van der Waals surface area contributed by atoms with Gasteiger partial charge >= 0.3 is 0 Å². The van der Waals surface area contributed by atoms with Crippen molar-refractivity contribution in [2.45, 2.75) is 20.3 Å². The molecule has 0 aromatic rings. The Kier molecular flexibility index (Phi) is 2.95. The van der Waals surface area contributed by atoms with Crippen LogP contribution >= 0.6 is 0 Å². The predicted molar refractivity (Wildman–Crippen MR) is 34.2 cm³/mol. The maximum Gasteiger partial charge on any atom is 0.0627 e. The molecule has 0 aromatic heterocycles. The molecule has 0 aliphatic heterocycles. The molecule has 0 spiro atoms. The van der Waals surface area contributed by atoms with E-state index in [1.165, 1.54) is 0 Å². The molecular formula is C7H11N. The lowest BCUT2D eigenvalue weighted by atomic mass is 10.0. The third-order valence-electron chi connectivity index (χ3n) is 1.24. The van der Waals surface area contributed by atoms with Crippen molar-refractivity contribution < 1.29 is 0 Å². The van der Waals surface area contributed by atoms with Crippen LogP contribution in [-0.4, -0.2) is 0 Å². The van der Waals surface area contributed by atoms with Gasteiger partial charge in [0.15, 0.2) is 0 Å². The van der Waals surface area contributed by atoms with Gasteiger partial charge in [0.1, 0.15) is 0 Å². The topological polar surface area (TPSA) is 23.8 Å². The summed E-state index contributed by atoms with van der Waals surface area (Å²) >= 11 is 0. The minimum absolute atomic E-state index is 0.361. The second-order valence-corrected chi connectivity index (χ2v) is 2.11. The van der Waals surface area contributed by atoms with Crippen LogP contribution in [0.2, 0.25) is 0 Å². The summed E-state index contributed by atoms with van der Waals surface area (Å²) in [5.74, 6) is 0.361. The zero-order valence-electron chi connectivity index (χ0n) is 5.44. The van der Waals surface area contributed by atoms with Crippen LogP contribution in [0.15, 0.2) is 12.2 Å². The van der Waals surface area contributed by atoms with Gasteiger partial charge in [0.25, 0.3) is 0 Å². The number of rotatable bonds is 2. The van der Waals surface area contributed by atoms with Gasteiger partial charge in [-0.3, -0.25) is 0 Å². The Morgan fingerprint density at radius 3 is 2.50 bits per heavy atom. The van der Waals surface area contributed by atoms with Crippen LogP contribution in [0.5, 0.6) is 0 Å². The molecule has 0 amide bonds. The van der Waals surface area contributed by atoms with E-state index in [-0.39, 0.29) is 0 Å². The summed E-state index contributed by atoms with van der Waals surface area (Å²) in [4.78, 5) is 0. The fourth-order valence-corrected chi connectivity index (χ4v) is 0.311. The summed E-state index contributed by atoms with van der Waals surface area (Å²) in [5.41, 5.74) is 1.09. The quantitative estimate of drug-likeness (QED) is 0.498. The molecule has 0 heterocycles. The molecule has 0 fully saturated rings. The van der Waals surface area contributed by atoms with Crippen molar-refractivity contribution in [1.82, 2.24) is 0 Å². The smallest absolute Gasteiger partial charge is 0.0627 e. The lowest BCUT2D eigenvalue weighted by Gasteiger charge is -2.02. The van der Waals surface area contributed by atoms with Crippen LogP contribution in [0.25, 0.3) is 0 Å². The first-order valence-electron chi connectivity index (χ1n) is 2.70. The van der Waals surface area contributed by atoms with E-state index in [0.717, 1.165) is 5.57 Å². The van der Waals surface area contributed by atoms with Gasteiger partial charge in [0.05, 0.1) is 6.07 Å². The Morgan fingerprint density at radius 1 is 1.88 bits per heavy atom. The minimum Gasteiger partial charge on any atom is -0.198 e. The van der Waals surface area contributed by atoms with Gasteiger partial charge in [-0.1, -0.05) is 19.1 Å². The molecule has 44 valence electrons. The number of nitrogens with zero attached hydrogens (tertiary/aromatic N) is 1. The van der Waals surface area contributed by atoms with E-state index in [9.17, 15) is 0 Å². The normalized spacial score (nSPS) is 12.1. The third kappa shape index (κ3) is 2.41. The number of nitriles is 1. The zero-order chi connectivity index (χ0) is 6.57. The SMILES string of the molecule is C=C(C)C(C)CC#N. The molecule has 1 heteroatoms. The second-order valence-electron chi connectivity index (χ2n) is 2.11. The van der Waals surface area contributed by atoms with Crippen LogP contribution in [0.3, 0.4) is 0 Å². The van der Waals surface area contributed by atoms with E-state index in [1.54, 1.807) is 0 Å². The summed E-state index contributed by atoms with van der Waals surface area (Å²) in [5, 5.41) is 8.19. The van der Waals surface area contributed by atoms with Crippen molar-refractivity contribution in [3.8, 4) is 6.07 Å². The van der Waals surface area contributed by atoms with Gasteiger partial charge < -0.3 is 0 Å². The lowest BCUT2D eigenvalue weighted by molar-refractivity contribution is 0.705. The summed E-state index contributed by atoms with van der Waals surface area (Å²) < 4.78 is 0. The van der Waals surface area contributed by atoms with Crippen LogP contribution in [-0.2, 0) is 0 Å².